The van der Waals surface area contributed by atoms with Crippen molar-refractivity contribution < 1.29 is 4.79 Å². The summed E-state index contributed by atoms with van der Waals surface area (Å²) in [4.78, 5) is 31.8. The molecular formula is C28H26N4O2S3. The molecule has 0 spiro atoms. The minimum atomic E-state index is -0.0790. The van der Waals surface area contributed by atoms with Gasteiger partial charge in [-0.2, -0.15) is 0 Å². The van der Waals surface area contributed by atoms with Crippen LogP contribution in [0.5, 0.6) is 0 Å². The number of thioether (sulfide) groups is 1. The van der Waals surface area contributed by atoms with Crippen molar-refractivity contribution in [2.75, 3.05) is 24.2 Å². The molecule has 4 aromatic rings. The molecule has 0 aliphatic carbocycles. The number of likely N-dealkylation sites (tertiary alicyclic amines) is 1. The quantitative estimate of drug-likeness (QED) is 0.341. The Morgan fingerprint density at radius 1 is 1.14 bits per heavy atom. The van der Waals surface area contributed by atoms with E-state index in [2.05, 4.69) is 41.4 Å². The molecule has 1 amide bonds. The summed E-state index contributed by atoms with van der Waals surface area (Å²) in [5, 5.41) is 3.95. The molecule has 2 bridgehead atoms. The smallest absolute Gasteiger partial charge is 0.250 e. The third kappa shape index (κ3) is 5.08. The molecule has 0 radical (unpaired) electrons. The minimum Gasteiger partial charge on any atom is -0.356 e. The number of carbonyl (C=O) groups excluding carboxylic acids is 1. The zero-order chi connectivity index (χ0) is 25.5. The van der Waals surface area contributed by atoms with Crippen LogP contribution in [0.3, 0.4) is 0 Å². The lowest BCUT2D eigenvalue weighted by Crippen LogP contribution is -2.48. The number of aryl methyl sites for hydroxylation is 1. The van der Waals surface area contributed by atoms with Crippen molar-refractivity contribution in [2.45, 2.75) is 25.8 Å². The molecule has 0 unspecified atom stereocenters. The molecule has 4 heterocycles. The average Bonchev–Trinajstić information content (AvgIpc) is 3.31. The number of amides is 1. The van der Waals surface area contributed by atoms with E-state index in [1.165, 1.54) is 22.0 Å². The molecule has 2 aliphatic rings. The SMILES string of the molecule is Cc1ccc2nc(-c3ccc(NC(=O)CSC(=S)N4C[C@H]5C[C@@H](C4)c4cccc(=O)n4C5)cc3)sc2c1. The van der Waals surface area contributed by atoms with E-state index in [1.807, 2.05) is 34.9 Å². The summed E-state index contributed by atoms with van der Waals surface area (Å²) in [7, 11) is 0. The lowest BCUT2D eigenvalue weighted by Gasteiger charge is -2.43. The maximum Gasteiger partial charge on any atom is 0.250 e. The monoisotopic (exact) mass is 546 g/mol. The predicted octanol–water partition coefficient (Wildman–Crippen LogP) is 5.51. The molecule has 6 rings (SSSR count). The van der Waals surface area contributed by atoms with Gasteiger partial charge in [-0.3, -0.25) is 9.59 Å². The Hall–Kier alpha value is -3.01. The lowest BCUT2D eigenvalue weighted by atomic mass is 9.83. The number of aromatic nitrogens is 2. The van der Waals surface area contributed by atoms with Crippen molar-refractivity contribution >= 4 is 61.4 Å². The van der Waals surface area contributed by atoms with Gasteiger partial charge in [0, 0.05) is 48.6 Å². The zero-order valence-corrected chi connectivity index (χ0v) is 22.8. The highest BCUT2D eigenvalue weighted by Gasteiger charge is 2.35. The van der Waals surface area contributed by atoms with Crippen LogP contribution in [0.15, 0.2) is 65.5 Å². The van der Waals surface area contributed by atoms with Gasteiger partial charge >= 0.3 is 0 Å². The fraction of sp³-hybridized carbons (Fsp3) is 0.286. The highest BCUT2D eigenvalue weighted by atomic mass is 32.2. The number of anilines is 1. The van der Waals surface area contributed by atoms with Crippen LogP contribution in [-0.4, -0.2) is 43.5 Å². The molecule has 0 saturated carbocycles. The van der Waals surface area contributed by atoms with Crippen LogP contribution in [0.4, 0.5) is 5.69 Å². The van der Waals surface area contributed by atoms with E-state index in [4.69, 9.17) is 17.2 Å². The largest absolute Gasteiger partial charge is 0.356 e. The Morgan fingerprint density at radius 3 is 2.81 bits per heavy atom. The van der Waals surface area contributed by atoms with E-state index in [-0.39, 0.29) is 17.2 Å². The first-order chi connectivity index (χ1) is 17.9. The number of hydrogen-bond donors (Lipinski definition) is 1. The summed E-state index contributed by atoms with van der Waals surface area (Å²) in [5.74, 6) is 0.882. The third-order valence-corrected chi connectivity index (χ3v) is 9.61. The van der Waals surface area contributed by atoms with Crippen molar-refractivity contribution in [2.24, 2.45) is 5.92 Å². The van der Waals surface area contributed by atoms with Gasteiger partial charge in [0.2, 0.25) is 5.91 Å². The number of fused-ring (bicyclic) bond motifs is 5. The second-order valence-electron chi connectivity index (χ2n) is 9.77. The number of pyridine rings is 1. The van der Waals surface area contributed by atoms with Crippen molar-refractivity contribution in [3.63, 3.8) is 0 Å². The summed E-state index contributed by atoms with van der Waals surface area (Å²) in [6.07, 6.45) is 1.08. The van der Waals surface area contributed by atoms with Gasteiger partial charge in [-0.1, -0.05) is 36.1 Å². The van der Waals surface area contributed by atoms with Crippen LogP contribution < -0.4 is 10.9 Å². The van der Waals surface area contributed by atoms with E-state index in [9.17, 15) is 9.59 Å². The van der Waals surface area contributed by atoms with Crippen LogP contribution in [0, 0.1) is 12.8 Å². The first-order valence-electron chi connectivity index (χ1n) is 12.3. The molecule has 188 valence electrons. The van der Waals surface area contributed by atoms with Crippen molar-refractivity contribution in [1.29, 1.82) is 0 Å². The highest BCUT2D eigenvalue weighted by Crippen LogP contribution is 2.36. The number of piperidine rings is 1. The number of nitrogens with zero attached hydrogens (tertiary/aromatic N) is 3. The topological polar surface area (TPSA) is 67.2 Å². The van der Waals surface area contributed by atoms with Gasteiger partial charge in [-0.15, -0.1) is 11.3 Å². The molecule has 9 heteroatoms. The van der Waals surface area contributed by atoms with Crippen molar-refractivity contribution in [1.82, 2.24) is 14.5 Å². The van der Waals surface area contributed by atoms with E-state index in [1.54, 1.807) is 17.4 Å². The molecular weight excluding hydrogens is 521 g/mol. The molecule has 2 atom stereocenters. The number of hydrogen-bond acceptors (Lipinski definition) is 6. The number of nitrogens with one attached hydrogen (secondary N) is 1. The van der Waals surface area contributed by atoms with Gasteiger partial charge < -0.3 is 14.8 Å². The number of rotatable bonds is 4. The summed E-state index contributed by atoms with van der Waals surface area (Å²) >= 11 is 8.78. The van der Waals surface area contributed by atoms with Gasteiger partial charge in [-0.25, -0.2) is 4.98 Å². The molecule has 37 heavy (non-hydrogen) atoms. The molecule has 1 saturated heterocycles. The Balaban J connectivity index is 1.04. The van der Waals surface area contributed by atoms with Crippen molar-refractivity contribution in [3.05, 3.63) is 82.3 Å². The van der Waals surface area contributed by atoms with Crippen molar-refractivity contribution in [3.8, 4) is 10.6 Å². The maximum absolute atomic E-state index is 12.6. The molecule has 2 aliphatic heterocycles. The molecule has 2 aromatic heterocycles. The summed E-state index contributed by atoms with van der Waals surface area (Å²) in [6, 6.07) is 19.6. The number of thiocarbonyl (C=S) groups is 1. The van der Waals surface area contributed by atoms with Gasteiger partial charge in [0.15, 0.2) is 0 Å². The Labute approximate surface area is 228 Å². The number of thiazole rings is 1. The predicted molar refractivity (Wildman–Crippen MR) is 157 cm³/mol. The second-order valence-corrected chi connectivity index (χ2v) is 12.4. The number of benzene rings is 2. The Morgan fingerprint density at radius 2 is 1.97 bits per heavy atom. The molecule has 1 N–H and O–H groups in total. The van der Waals surface area contributed by atoms with Crippen LogP contribution in [0.25, 0.3) is 20.8 Å². The van der Waals surface area contributed by atoms with Gasteiger partial charge in [-0.05, 0) is 67.3 Å². The summed E-state index contributed by atoms with van der Waals surface area (Å²) in [5.41, 5.74) is 5.20. The van der Waals surface area contributed by atoms with E-state index in [0.717, 1.165) is 57.8 Å². The summed E-state index contributed by atoms with van der Waals surface area (Å²) in [6.45, 7) is 4.45. The van der Waals surface area contributed by atoms with E-state index >= 15 is 0 Å². The number of carbonyl (C=O) groups is 1. The Kier molecular flexibility index (Phi) is 6.60. The Bertz CT molecular complexity index is 1560. The minimum absolute atomic E-state index is 0.0790. The normalized spacial score (nSPS) is 18.5. The van der Waals surface area contributed by atoms with Crippen LogP contribution in [-0.2, 0) is 11.3 Å². The lowest BCUT2D eigenvalue weighted by molar-refractivity contribution is -0.113. The van der Waals surface area contributed by atoms with Crippen LogP contribution in [0.2, 0.25) is 0 Å². The van der Waals surface area contributed by atoms with Gasteiger partial charge in [0.1, 0.15) is 9.33 Å². The average molecular weight is 547 g/mol. The first-order valence-corrected chi connectivity index (χ1v) is 14.5. The van der Waals surface area contributed by atoms with E-state index < -0.39 is 0 Å². The molecule has 2 aromatic carbocycles. The second kappa shape index (κ2) is 10.0. The summed E-state index contributed by atoms with van der Waals surface area (Å²) < 4.78 is 3.84. The van der Waals surface area contributed by atoms with E-state index in [0.29, 0.717) is 11.8 Å². The van der Waals surface area contributed by atoms with Gasteiger partial charge in [0.25, 0.3) is 5.56 Å². The zero-order valence-electron chi connectivity index (χ0n) is 20.3. The fourth-order valence-corrected chi connectivity index (χ4v) is 7.37. The maximum atomic E-state index is 12.6. The van der Waals surface area contributed by atoms with Crippen LogP contribution in [0.1, 0.15) is 23.6 Å². The molecule has 1 fully saturated rings. The standard InChI is InChI=1S/C28H26N4O2S3/c1-17-5-10-22-24(11-17)37-27(30-22)19-6-8-21(9-7-19)29-25(33)16-36-28(35)31-13-18-12-20(15-31)23-3-2-4-26(34)32(23)14-18/h2-11,18,20H,12-16H2,1H3,(H,29,33)/t18-,20+/m1/s1. The van der Waals surface area contributed by atoms with Crippen LogP contribution >= 0.6 is 35.3 Å². The van der Waals surface area contributed by atoms with Gasteiger partial charge in [0.05, 0.1) is 16.0 Å². The fourth-order valence-electron chi connectivity index (χ4n) is 5.31. The third-order valence-electron chi connectivity index (χ3n) is 7.02. The molecule has 6 nitrogen and oxygen atoms in total. The highest BCUT2D eigenvalue weighted by molar-refractivity contribution is 8.23. The first kappa shape index (κ1) is 24.3.